The number of carboxylic acid groups (broad SMARTS) is 1. The van der Waals surface area contributed by atoms with Gasteiger partial charge in [-0.2, -0.15) is 4.98 Å². The number of hydrogen-bond acceptors (Lipinski definition) is 5. The van der Waals surface area contributed by atoms with E-state index in [1.54, 1.807) is 32.2 Å². The Labute approximate surface area is 156 Å². The molecule has 2 heterocycles. The molecule has 0 saturated carbocycles. The summed E-state index contributed by atoms with van der Waals surface area (Å²) in [4.78, 5) is 17.5. The van der Waals surface area contributed by atoms with Crippen molar-refractivity contribution < 1.29 is 23.8 Å². The number of hydrogen-bond donors (Lipinski definition) is 2. The monoisotopic (exact) mass is 375 g/mol. The van der Waals surface area contributed by atoms with Crippen molar-refractivity contribution in [1.29, 1.82) is 0 Å². The SMILES string of the molecule is COCCNc1nc2c(cc1Cc1ccc(F)cc1)N(C(=O)O)[C@@H](C)CO2. The number of rotatable bonds is 6. The van der Waals surface area contributed by atoms with Gasteiger partial charge in [-0.25, -0.2) is 9.18 Å². The summed E-state index contributed by atoms with van der Waals surface area (Å²) in [6, 6.07) is 7.64. The highest BCUT2D eigenvalue weighted by Gasteiger charge is 2.31. The first-order valence-electron chi connectivity index (χ1n) is 8.65. The summed E-state index contributed by atoms with van der Waals surface area (Å²) in [5.74, 6) is 0.563. The van der Waals surface area contributed by atoms with E-state index in [1.807, 2.05) is 0 Å². The molecule has 2 aromatic rings. The molecule has 1 aromatic heterocycles. The Balaban J connectivity index is 1.99. The zero-order valence-corrected chi connectivity index (χ0v) is 15.2. The predicted molar refractivity (Wildman–Crippen MR) is 99.3 cm³/mol. The van der Waals surface area contributed by atoms with Crippen LogP contribution >= 0.6 is 0 Å². The first-order chi connectivity index (χ1) is 13.0. The number of halogens is 1. The first-order valence-corrected chi connectivity index (χ1v) is 8.65. The fraction of sp³-hybridized carbons (Fsp3) is 0.368. The highest BCUT2D eigenvalue weighted by Crippen LogP contribution is 2.36. The van der Waals surface area contributed by atoms with Crippen LogP contribution < -0.4 is 15.0 Å². The highest BCUT2D eigenvalue weighted by atomic mass is 19.1. The average Bonchev–Trinajstić information content (AvgIpc) is 2.64. The summed E-state index contributed by atoms with van der Waals surface area (Å²) in [6.45, 7) is 3.05. The molecule has 0 unspecified atom stereocenters. The minimum Gasteiger partial charge on any atom is -0.474 e. The Morgan fingerprint density at radius 1 is 1.44 bits per heavy atom. The molecule has 0 aliphatic carbocycles. The van der Waals surface area contributed by atoms with Gasteiger partial charge in [-0.3, -0.25) is 4.90 Å². The molecule has 1 aliphatic rings. The molecule has 27 heavy (non-hydrogen) atoms. The molecular formula is C19H22FN3O4. The molecule has 0 saturated heterocycles. The van der Waals surface area contributed by atoms with Crippen molar-refractivity contribution in [3.63, 3.8) is 0 Å². The van der Waals surface area contributed by atoms with Gasteiger partial charge in [0.25, 0.3) is 0 Å². The molecule has 0 spiro atoms. The number of carbonyl (C=O) groups is 1. The number of benzene rings is 1. The molecular weight excluding hydrogens is 353 g/mol. The van der Waals surface area contributed by atoms with E-state index in [0.717, 1.165) is 11.1 Å². The van der Waals surface area contributed by atoms with Crippen molar-refractivity contribution >= 4 is 17.6 Å². The molecule has 0 bridgehead atoms. The predicted octanol–water partition coefficient (Wildman–Crippen LogP) is 3.14. The third-order valence-electron chi connectivity index (χ3n) is 4.32. The molecule has 1 amide bonds. The Morgan fingerprint density at radius 3 is 2.85 bits per heavy atom. The summed E-state index contributed by atoms with van der Waals surface area (Å²) in [6.07, 6.45) is -0.584. The van der Waals surface area contributed by atoms with Crippen molar-refractivity contribution in [3.8, 4) is 5.88 Å². The van der Waals surface area contributed by atoms with Gasteiger partial charge in [0.1, 0.15) is 23.9 Å². The van der Waals surface area contributed by atoms with Gasteiger partial charge in [0, 0.05) is 25.6 Å². The van der Waals surface area contributed by atoms with Crippen molar-refractivity contribution in [2.24, 2.45) is 0 Å². The second-order valence-corrected chi connectivity index (χ2v) is 6.36. The lowest BCUT2D eigenvalue weighted by Gasteiger charge is -2.33. The van der Waals surface area contributed by atoms with Crippen molar-refractivity contribution in [1.82, 2.24) is 4.98 Å². The summed E-state index contributed by atoms with van der Waals surface area (Å²) in [7, 11) is 1.61. The molecule has 144 valence electrons. The Kier molecular flexibility index (Phi) is 5.75. The lowest BCUT2D eigenvalue weighted by Crippen LogP contribution is -2.44. The van der Waals surface area contributed by atoms with Gasteiger partial charge in [-0.1, -0.05) is 12.1 Å². The standard InChI is InChI=1S/C19H22FN3O4/c1-12-11-27-18-16(23(12)19(24)25)10-14(17(22-18)21-7-8-26-2)9-13-3-5-15(20)6-4-13/h3-6,10,12H,7-9,11H2,1-2H3,(H,21,22)(H,24,25)/t12-/m0/s1. The zero-order valence-electron chi connectivity index (χ0n) is 15.2. The number of fused-ring (bicyclic) bond motifs is 1. The summed E-state index contributed by atoms with van der Waals surface area (Å²) >= 11 is 0. The van der Waals surface area contributed by atoms with Crippen LogP contribution in [0.15, 0.2) is 30.3 Å². The van der Waals surface area contributed by atoms with E-state index in [0.29, 0.717) is 31.1 Å². The van der Waals surface area contributed by atoms with Gasteiger partial charge in [0.2, 0.25) is 5.88 Å². The van der Waals surface area contributed by atoms with Crippen LogP contribution in [0, 0.1) is 5.82 Å². The lowest BCUT2D eigenvalue weighted by molar-refractivity contribution is 0.188. The van der Waals surface area contributed by atoms with E-state index in [2.05, 4.69) is 10.3 Å². The molecule has 1 aromatic carbocycles. The highest BCUT2D eigenvalue weighted by molar-refractivity contribution is 5.89. The minimum absolute atomic E-state index is 0.237. The Morgan fingerprint density at radius 2 is 2.19 bits per heavy atom. The van der Waals surface area contributed by atoms with E-state index in [-0.39, 0.29) is 24.3 Å². The van der Waals surface area contributed by atoms with Gasteiger partial charge >= 0.3 is 6.09 Å². The number of nitrogens with zero attached hydrogens (tertiary/aromatic N) is 2. The van der Waals surface area contributed by atoms with Crippen LogP contribution in [0.2, 0.25) is 0 Å². The van der Waals surface area contributed by atoms with Gasteiger partial charge < -0.3 is 19.9 Å². The van der Waals surface area contributed by atoms with Crippen LogP contribution in [-0.4, -0.2) is 49.1 Å². The number of nitrogens with one attached hydrogen (secondary N) is 1. The van der Waals surface area contributed by atoms with Crippen molar-refractivity contribution in [2.45, 2.75) is 19.4 Å². The van der Waals surface area contributed by atoms with E-state index in [1.165, 1.54) is 17.0 Å². The van der Waals surface area contributed by atoms with Crippen LogP contribution in [0.25, 0.3) is 0 Å². The van der Waals surface area contributed by atoms with Gasteiger partial charge in [0.15, 0.2) is 0 Å². The average molecular weight is 375 g/mol. The maximum absolute atomic E-state index is 13.2. The van der Waals surface area contributed by atoms with Crippen molar-refractivity contribution in [2.75, 3.05) is 37.1 Å². The number of aromatic nitrogens is 1. The van der Waals surface area contributed by atoms with Crippen molar-refractivity contribution in [3.05, 3.63) is 47.3 Å². The number of ether oxygens (including phenoxy) is 2. The van der Waals surface area contributed by atoms with Crippen LogP contribution in [-0.2, 0) is 11.2 Å². The fourth-order valence-corrected chi connectivity index (χ4v) is 2.99. The molecule has 8 heteroatoms. The van der Waals surface area contributed by atoms with Gasteiger partial charge in [-0.05, 0) is 30.7 Å². The molecule has 1 atom stereocenters. The molecule has 0 radical (unpaired) electrons. The molecule has 1 aliphatic heterocycles. The smallest absolute Gasteiger partial charge is 0.412 e. The van der Waals surface area contributed by atoms with Gasteiger partial charge in [0.05, 0.1) is 12.6 Å². The molecule has 7 nitrogen and oxygen atoms in total. The number of amides is 1. The van der Waals surface area contributed by atoms with Gasteiger partial charge in [-0.15, -0.1) is 0 Å². The van der Waals surface area contributed by atoms with E-state index < -0.39 is 6.09 Å². The maximum atomic E-state index is 13.2. The first kappa shape index (κ1) is 18.9. The summed E-state index contributed by atoms with van der Waals surface area (Å²) < 4.78 is 23.9. The maximum Gasteiger partial charge on any atom is 0.412 e. The topological polar surface area (TPSA) is 83.9 Å². The quantitative estimate of drug-likeness (QED) is 0.755. The Bertz CT molecular complexity index is 813. The van der Waals surface area contributed by atoms with Crippen LogP contribution in [0.3, 0.4) is 0 Å². The number of anilines is 2. The molecule has 2 N–H and O–H groups in total. The van der Waals surface area contributed by atoms with E-state index >= 15 is 0 Å². The van der Waals surface area contributed by atoms with E-state index in [4.69, 9.17) is 9.47 Å². The lowest BCUT2D eigenvalue weighted by atomic mass is 10.0. The normalized spacial score (nSPS) is 15.8. The zero-order chi connectivity index (χ0) is 19.4. The largest absolute Gasteiger partial charge is 0.474 e. The van der Waals surface area contributed by atoms with Crippen LogP contribution in [0.1, 0.15) is 18.1 Å². The summed E-state index contributed by atoms with van der Waals surface area (Å²) in [5, 5.41) is 12.8. The Hall–Kier alpha value is -2.87. The summed E-state index contributed by atoms with van der Waals surface area (Å²) in [5.41, 5.74) is 2.09. The minimum atomic E-state index is -1.05. The van der Waals surface area contributed by atoms with E-state index in [9.17, 15) is 14.3 Å². The fourth-order valence-electron chi connectivity index (χ4n) is 2.99. The molecule has 3 rings (SSSR count). The third-order valence-corrected chi connectivity index (χ3v) is 4.32. The molecule has 0 fully saturated rings. The number of methoxy groups -OCH3 is 1. The van der Waals surface area contributed by atoms with Crippen LogP contribution in [0.5, 0.6) is 5.88 Å². The number of pyridine rings is 1. The van der Waals surface area contributed by atoms with Crippen LogP contribution in [0.4, 0.5) is 20.7 Å². The second kappa shape index (κ2) is 8.22. The third kappa shape index (κ3) is 4.28. The second-order valence-electron chi connectivity index (χ2n) is 6.36.